The van der Waals surface area contributed by atoms with Gasteiger partial charge in [-0.2, -0.15) is 4.31 Å². The minimum absolute atomic E-state index is 0.0254. The minimum Gasteiger partial charge on any atom is -0.339 e. The quantitative estimate of drug-likeness (QED) is 0.825. The third-order valence-corrected chi connectivity index (χ3v) is 7.81. The maximum Gasteiger partial charge on any atom is 0.243 e. The van der Waals surface area contributed by atoms with Crippen LogP contribution < -0.4 is 0 Å². The second-order valence-corrected chi connectivity index (χ2v) is 9.16. The van der Waals surface area contributed by atoms with Crippen molar-refractivity contribution in [3.8, 4) is 0 Å². The Labute approximate surface area is 151 Å². The van der Waals surface area contributed by atoms with Crippen LogP contribution in [0.1, 0.15) is 52.4 Å². The number of likely N-dealkylation sites (N-methyl/N-ethyl adjacent to an activating group) is 1. The first-order chi connectivity index (χ1) is 11.9. The Balaban J connectivity index is 1.99. The van der Waals surface area contributed by atoms with Crippen molar-refractivity contribution in [2.45, 2.75) is 68.8 Å². The zero-order chi connectivity index (χ0) is 18.1. The molecule has 1 spiro atoms. The van der Waals surface area contributed by atoms with E-state index in [0.717, 1.165) is 38.5 Å². The molecule has 1 aliphatic carbocycles. The normalized spacial score (nSPS) is 23.7. The van der Waals surface area contributed by atoms with E-state index >= 15 is 0 Å². The second kappa shape index (κ2) is 7.08. The molecule has 25 heavy (non-hydrogen) atoms. The lowest BCUT2D eigenvalue weighted by atomic mass is 9.80. The van der Waals surface area contributed by atoms with E-state index in [2.05, 4.69) is 0 Å². The van der Waals surface area contributed by atoms with Crippen molar-refractivity contribution in [2.24, 2.45) is 0 Å². The van der Waals surface area contributed by atoms with E-state index in [1.54, 1.807) is 35.5 Å². The molecule has 1 saturated carbocycles. The second-order valence-electron chi connectivity index (χ2n) is 7.30. The van der Waals surface area contributed by atoms with Gasteiger partial charge in [0.2, 0.25) is 15.9 Å². The Kier molecular flexibility index (Phi) is 5.21. The van der Waals surface area contributed by atoms with Crippen molar-refractivity contribution in [3.05, 3.63) is 30.3 Å². The first-order valence-electron chi connectivity index (χ1n) is 9.26. The molecule has 1 aromatic carbocycles. The van der Waals surface area contributed by atoms with Crippen molar-refractivity contribution >= 4 is 15.9 Å². The van der Waals surface area contributed by atoms with Crippen LogP contribution in [-0.2, 0) is 14.8 Å². The summed E-state index contributed by atoms with van der Waals surface area (Å²) in [6, 6.07) is 8.67. The Morgan fingerprint density at radius 3 is 2.40 bits per heavy atom. The number of hydrogen-bond donors (Lipinski definition) is 0. The summed E-state index contributed by atoms with van der Waals surface area (Å²) in [6.45, 7) is 4.56. The maximum atomic E-state index is 13.4. The Hall–Kier alpha value is -1.40. The topological polar surface area (TPSA) is 57.7 Å². The number of hydrogen-bond acceptors (Lipinski definition) is 3. The summed E-state index contributed by atoms with van der Waals surface area (Å²) in [5, 5.41) is 0. The van der Waals surface area contributed by atoms with Gasteiger partial charge in [-0.25, -0.2) is 8.42 Å². The predicted molar refractivity (Wildman–Crippen MR) is 97.6 cm³/mol. The summed E-state index contributed by atoms with van der Waals surface area (Å²) >= 11 is 0. The van der Waals surface area contributed by atoms with Crippen LogP contribution in [0.25, 0.3) is 0 Å². The van der Waals surface area contributed by atoms with Crippen LogP contribution in [0.3, 0.4) is 0 Å². The molecule has 0 radical (unpaired) electrons. The van der Waals surface area contributed by atoms with Crippen molar-refractivity contribution in [3.63, 3.8) is 0 Å². The van der Waals surface area contributed by atoms with E-state index in [4.69, 9.17) is 0 Å². The summed E-state index contributed by atoms with van der Waals surface area (Å²) in [5.74, 6) is 0.0254. The van der Waals surface area contributed by atoms with Crippen molar-refractivity contribution in [2.75, 3.05) is 13.1 Å². The first-order valence-corrected chi connectivity index (χ1v) is 10.7. The van der Waals surface area contributed by atoms with Crippen molar-refractivity contribution in [1.82, 2.24) is 9.21 Å². The highest BCUT2D eigenvalue weighted by molar-refractivity contribution is 7.89. The van der Waals surface area contributed by atoms with Crippen LogP contribution in [-0.4, -0.2) is 48.2 Å². The van der Waals surface area contributed by atoms with E-state index in [-0.39, 0.29) is 17.5 Å². The molecule has 0 N–H and O–H groups in total. The van der Waals surface area contributed by atoms with Gasteiger partial charge in [0, 0.05) is 31.6 Å². The molecular weight excluding hydrogens is 336 g/mol. The van der Waals surface area contributed by atoms with Crippen LogP contribution in [0.5, 0.6) is 0 Å². The number of benzene rings is 1. The molecule has 0 aromatic heterocycles. The average molecular weight is 365 g/mol. The zero-order valence-corrected chi connectivity index (χ0v) is 16.0. The van der Waals surface area contributed by atoms with Crippen LogP contribution in [0.2, 0.25) is 0 Å². The van der Waals surface area contributed by atoms with Gasteiger partial charge in [0.25, 0.3) is 0 Å². The third kappa shape index (κ3) is 3.34. The fourth-order valence-corrected chi connectivity index (χ4v) is 6.56. The van der Waals surface area contributed by atoms with E-state index in [9.17, 15) is 13.2 Å². The largest absolute Gasteiger partial charge is 0.339 e. The molecule has 3 rings (SSSR count). The number of nitrogens with zero attached hydrogens (tertiary/aromatic N) is 2. The standard InChI is InChI=1S/C19H28N2O3S/c1-3-20(16(2)22)17-14-19(12-8-5-9-13-19)21(15-17)25(23,24)18-10-6-4-7-11-18/h4,6-7,10-11,17H,3,5,8-9,12-15H2,1-2H3/t17-/m1/s1. The molecule has 2 aliphatic rings. The number of rotatable bonds is 4. The maximum absolute atomic E-state index is 13.4. The van der Waals surface area contributed by atoms with Gasteiger partial charge in [0.05, 0.1) is 4.90 Å². The molecule has 1 atom stereocenters. The van der Waals surface area contributed by atoms with Crippen molar-refractivity contribution < 1.29 is 13.2 Å². The fraction of sp³-hybridized carbons (Fsp3) is 0.632. The summed E-state index contributed by atoms with van der Waals surface area (Å²) in [4.78, 5) is 14.2. The molecule has 2 fully saturated rings. The average Bonchev–Trinajstić information content (AvgIpc) is 2.96. The minimum atomic E-state index is -3.55. The molecule has 138 valence electrons. The number of carbonyl (C=O) groups excluding carboxylic acids is 1. The van der Waals surface area contributed by atoms with E-state index in [1.807, 2.05) is 17.9 Å². The summed E-state index contributed by atoms with van der Waals surface area (Å²) in [7, 11) is -3.55. The highest BCUT2D eigenvalue weighted by Gasteiger charge is 2.52. The Morgan fingerprint density at radius 2 is 1.84 bits per heavy atom. The molecule has 0 bridgehead atoms. The number of carbonyl (C=O) groups is 1. The lowest BCUT2D eigenvalue weighted by Gasteiger charge is -2.40. The number of amides is 1. The zero-order valence-electron chi connectivity index (χ0n) is 15.1. The van der Waals surface area contributed by atoms with Crippen LogP contribution in [0.15, 0.2) is 35.2 Å². The molecule has 1 saturated heterocycles. The molecule has 0 unspecified atom stereocenters. The van der Waals surface area contributed by atoms with Crippen LogP contribution in [0.4, 0.5) is 0 Å². The van der Waals surface area contributed by atoms with Crippen LogP contribution >= 0.6 is 0 Å². The van der Waals surface area contributed by atoms with Crippen molar-refractivity contribution in [1.29, 1.82) is 0 Å². The smallest absolute Gasteiger partial charge is 0.243 e. The van der Waals surface area contributed by atoms with Gasteiger partial charge < -0.3 is 4.90 Å². The Bertz CT molecular complexity index is 711. The van der Waals surface area contributed by atoms with E-state index in [0.29, 0.717) is 18.0 Å². The molecule has 5 nitrogen and oxygen atoms in total. The lowest BCUT2D eigenvalue weighted by molar-refractivity contribution is -0.130. The van der Waals surface area contributed by atoms with Gasteiger partial charge in [-0.3, -0.25) is 4.79 Å². The van der Waals surface area contributed by atoms with E-state index in [1.165, 1.54) is 0 Å². The SMILES string of the molecule is CCN(C(C)=O)[C@H]1CN(S(=O)(=O)c2ccccc2)C2(CCCCC2)C1. The summed E-state index contributed by atoms with van der Waals surface area (Å²) in [5.41, 5.74) is -0.333. The molecule has 6 heteroatoms. The highest BCUT2D eigenvalue weighted by Crippen LogP contribution is 2.45. The molecule has 1 heterocycles. The predicted octanol–water partition coefficient (Wildman–Crippen LogP) is 3.02. The molecule has 1 amide bonds. The number of sulfonamides is 1. The fourth-order valence-electron chi connectivity index (χ4n) is 4.67. The van der Waals surface area contributed by atoms with Gasteiger partial charge in [-0.1, -0.05) is 37.5 Å². The monoisotopic (exact) mass is 364 g/mol. The Morgan fingerprint density at radius 1 is 1.20 bits per heavy atom. The van der Waals surface area contributed by atoms with Gasteiger partial charge in [-0.15, -0.1) is 0 Å². The molecule has 1 aromatic rings. The van der Waals surface area contributed by atoms with Gasteiger partial charge in [0.15, 0.2) is 0 Å². The molecule has 1 aliphatic heterocycles. The highest BCUT2D eigenvalue weighted by atomic mass is 32.2. The third-order valence-electron chi connectivity index (χ3n) is 5.82. The van der Waals surface area contributed by atoms with Gasteiger partial charge in [0.1, 0.15) is 0 Å². The van der Waals surface area contributed by atoms with Gasteiger partial charge in [-0.05, 0) is 38.3 Å². The lowest BCUT2D eigenvalue weighted by Crippen LogP contribution is -2.48. The van der Waals surface area contributed by atoms with E-state index < -0.39 is 10.0 Å². The summed E-state index contributed by atoms with van der Waals surface area (Å²) < 4.78 is 28.4. The molecular formula is C19H28N2O3S. The summed E-state index contributed by atoms with van der Waals surface area (Å²) in [6.07, 6.45) is 5.82. The van der Waals surface area contributed by atoms with Crippen LogP contribution in [0, 0.1) is 0 Å². The van der Waals surface area contributed by atoms with Gasteiger partial charge >= 0.3 is 0 Å². The first kappa shape index (κ1) is 18.4.